The number of carbonyl (C=O) groups excluding carboxylic acids is 2. The second-order valence-corrected chi connectivity index (χ2v) is 14.0. The third-order valence-corrected chi connectivity index (χ3v) is 9.89. The van der Waals surface area contributed by atoms with Gasteiger partial charge in [0.2, 0.25) is 11.8 Å². The number of nitrogens with one attached hydrogen (secondary N) is 1. The van der Waals surface area contributed by atoms with Gasteiger partial charge in [-0.2, -0.15) is 0 Å². The number of hydrogen-bond acceptors (Lipinski definition) is 4. The molecule has 1 N–H and O–H groups in total. The third kappa shape index (κ3) is 9.19. The highest BCUT2D eigenvalue weighted by molar-refractivity contribution is 9.10. The molecule has 0 saturated carbocycles. The van der Waals surface area contributed by atoms with Gasteiger partial charge in [-0.1, -0.05) is 108 Å². The van der Waals surface area contributed by atoms with Crippen molar-refractivity contribution in [1.29, 1.82) is 0 Å². The number of halogens is 2. The van der Waals surface area contributed by atoms with Crippen molar-refractivity contribution in [3.8, 4) is 0 Å². The standard InChI is InChI=1S/C35H37BrClN3O4S/c1-3-4-20-38-35(42)33(22-27-12-7-5-8-13-27)39(24-28-14-11-15-29(36)21-28)34(41)25-40(32-23-30(37)19-18-26(32)2)45(43,44)31-16-9-6-10-17-31/h5-19,21,23,33H,3-4,20,22,24-25H2,1-2H3,(H,38,42)/t33-/m0/s1. The molecule has 2 amide bonds. The molecule has 45 heavy (non-hydrogen) atoms. The van der Waals surface area contributed by atoms with Crippen LogP contribution in [0, 0.1) is 6.92 Å². The van der Waals surface area contributed by atoms with Crippen molar-refractivity contribution < 1.29 is 18.0 Å². The second-order valence-electron chi connectivity index (χ2n) is 10.8. The van der Waals surface area contributed by atoms with E-state index in [-0.39, 0.29) is 29.5 Å². The Balaban J connectivity index is 1.81. The van der Waals surface area contributed by atoms with Gasteiger partial charge < -0.3 is 10.2 Å². The summed E-state index contributed by atoms with van der Waals surface area (Å²) < 4.78 is 30.2. The minimum absolute atomic E-state index is 0.0360. The van der Waals surface area contributed by atoms with Gasteiger partial charge in [0.1, 0.15) is 12.6 Å². The molecular weight excluding hydrogens is 674 g/mol. The van der Waals surface area contributed by atoms with E-state index >= 15 is 0 Å². The average molecular weight is 711 g/mol. The summed E-state index contributed by atoms with van der Waals surface area (Å²) >= 11 is 9.85. The summed E-state index contributed by atoms with van der Waals surface area (Å²) in [5, 5.41) is 3.34. The third-order valence-electron chi connectivity index (χ3n) is 7.39. The van der Waals surface area contributed by atoms with Crippen LogP contribution in [-0.4, -0.2) is 44.3 Å². The number of carbonyl (C=O) groups is 2. The van der Waals surface area contributed by atoms with Crippen LogP contribution in [0.3, 0.4) is 0 Å². The number of unbranched alkanes of at least 4 members (excludes halogenated alkanes) is 1. The summed E-state index contributed by atoms with van der Waals surface area (Å²) in [6.07, 6.45) is 1.94. The molecule has 4 aromatic carbocycles. The Hall–Kier alpha value is -3.66. The number of anilines is 1. The highest BCUT2D eigenvalue weighted by Gasteiger charge is 2.35. The molecule has 0 aromatic heterocycles. The fourth-order valence-electron chi connectivity index (χ4n) is 4.98. The topological polar surface area (TPSA) is 86.8 Å². The van der Waals surface area contributed by atoms with E-state index in [4.69, 9.17) is 11.6 Å². The van der Waals surface area contributed by atoms with Gasteiger partial charge in [0.05, 0.1) is 10.6 Å². The maximum absolute atomic E-state index is 14.6. The molecule has 0 radical (unpaired) electrons. The van der Waals surface area contributed by atoms with Crippen molar-refractivity contribution in [1.82, 2.24) is 10.2 Å². The summed E-state index contributed by atoms with van der Waals surface area (Å²) in [6, 6.07) is 29.0. The van der Waals surface area contributed by atoms with E-state index in [1.165, 1.54) is 17.0 Å². The fraction of sp³-hybridized carbons (Fsp3) is 0.257. The number of benzene rings is 4. The number of aryl methyl sites for hydroxylation is 1. The highest BCUT2D eigenvalue weighted by atomic mass is 79.9. The molecule has 0 aliphatic heterocycles. The van der Waals surface area contributed by atoms with Gasteiger partial charge in [0.25, 0.3) is 10.0 Å². The molecule has 0 spiro atoms. The van der Waals surface area contributed by atoms with Crippen molar-refractivity contribution in [3.05, 3.63) is 129 Å². The Morgan fingerprint density at radius 3 is 2.22 bits per heavy atom. The molecule has 0 unspecified atom stereocenters. The molecule has 0 aliphatic carbocycles. The Morgan fingerprint density at radius 2 is 1.56 bits per heavy atom. The zero-order valence-corrected chi connectivity index (χ0v) is 28.5. The molecule has 0 fully saturated rings. The Kier molecular flexibility index (Phi) is 12.2. The molecule has 10 heteroatoms. The number of sulfonamides is 1. The molecule has 7 nitrogen and oxygen atoms in total. The van der Waals surface area contributed by atoms with Gasteiger partial charge >= 0.3 is 0 Å². The number of amides is 2. The summed E-state index contributed by atoms with van der Waals surface area (Å²) in [7, 11) is -4.20. The SMILES string of the molecule is CCCCNC(=O)[C@H](Cc1ccccc1)N(Cc1cccc(Br)c1)C(=O)CN(c1cc(Cl)ccc1C)S(=O)(=O)c1ccccc1. The van der Waals surface area contributed by atoms with Crippen LogP contribution in [0.25, 0.3) is 0 Å². The van der Waals surface area contributed by atoms with E-state index in [1.807, 2.05) is 61.5 Å². The first-order valence-corrected chi connectivity index (χ1v) is 17.4. The number of nitrogens with zero attached hydrogens (tertiary/aromatic N) is 2. The van der Waals surface area contributed by atoms with Crippen molar-refractivity contribution in [2.45, 2.75) is 50.6 Å². The predicted molar refractivity (Wildman–Crippen MR) is 184 cm³/mol. The Bertz CT molecular complexity index is 1700. The van der Waals surface area contributed by atoms with Crippen LogP contribution in [0.4, 0.5) is 5.69 Å². The lowest BCUT2D eigenvalue weighted by Crippen LogP contribution is -2.53. The van der Waals surface area contributed by atoms with Crippen LogP contribution in [0.2, 0.25) is 5.02 Å². The van der Waals surface area contributed by atoms with Crippen LogP contribution >= 0.6 is 27.5 Å². The number of rotatable bonds is 14. The largest absolute Gasteiger partial charge is 0.354 e. The van der Waals surface area contributed by atoms with Crippen molar-refractivity contribution in [2.75, 3.05) is 17.4 Å². The van der Waals surface area contributed by atoms with E-state index in [0.717, 1.165) is 32.7 Å². The molecule has 4 aromatic rings. The van der Waals surface area contributed by atoms with Gasteiger partial charge in [-0.25, -0.2) is 8.42 Å². The number of hydrogen-bond donors (Lipinski definition) is 1. The monoisotopic (exact) mass is 709 g/mol. The van der Waals surface area contributed by atoms with Crippen LogP contribution in [-0.2, 0) is 32.6 Å². The van der Waals surface area contributed by atoms with E-state index < -0.39 is 28.5 Å². The normalized spacial score (nSPS) is 11.9. The maximum Gasteiger partial charge on any atom is 0.264 e. The minimum Gasteiger partial charge on any atom is -0.354 e. The van der Waals surface area contributed by atoms with Crippen LogP contribution in [0.1, 0.15) is 36.5 Å². The molecule has 0 heterocycles. The van der Waals surface area contributed by atoms with E-state index in [0.29, 0.717) is 17.1 Å². The lowest BCUT2D eigenvalue weighted by Gasteiger charge is -2.34. The molecule has 0 bridgehead atoms. The van der Waals surface area contributed by atoms with Gasteiger partial charge in [0, 0.05) is 29.0 Å². The second kappa shape index (κ2) is 16.1. The zero-order chi connectivity index (χ0) is 32.4. The molecular formula is C35H37BrClN3O4S. The molecule has 236 valence electrons. The first kappa shape index (κ1) is 34.2. The Labute approximate surface area is 279 Å². The van der Waals surface area contributed by atoms with Gasteiger partial charge in [-0.3, -0.25) is 13.9 Å². The first-order chi connectivity index (χ1) is 21.6. The maximum atomic E-state index is 14.6. The summed E-state index contributed by atoms with van der Waals surface area (Å²) in [4.78, 5) is 29.9. The zero-order valence-electron chi connectivity index (χ0n) is 25.3. The first-order valence-electron chi connectivity index (χ1n) is 14.8. The van der Waals surface area contributed by atoms with Crippen LogP contribution in [0.5, 0.6) is 0 Å². The van der Waals surface area contributed by atoms with E-state index in [1.54, 1.807) is 43.3 Å². The minimum atomic E-state index is -4.20. The summed E-state index contributed by atoms with van der Waals surface area (Å²) in [5.74, 6) is -0.826. The van der Waals surface area contributed by atoms with Gasteiger partial charge in [-0.15, -0.1) is 0 Å². The van der Waals surface area contributed by atoms with Gasteiger partial charge in [0.15, 0.2) is 0 Å². The molecule has 0 aliphatic rings. The molecule has 0 saturated heterocycles. The summed E-state index contributed by atoms with van der Waals surface area (Å²) in [5.41, 5.74) is 2.57. The fourth-order valence-corrected chi connectivity index (χ4v) is 7.08. The van der Waals surface area contributed by atoms with Crippen LogP contribution < -0.4 is 9.62 Å². The predicted octanol–water partition coefficient (Wildman–Crippen LogP) is 7.16. The van der Waals surface area contributed by atoms with Gasteiger partial charge in [-0.05, 0) is 66.4 Å². The van der Waals surface area contributed by atoms with Crippen LogP contribution in [0.15, 0.2) is 112 Å². The smallest absolute Gasteiger partial charge is 0.264 e. The van der Waals surface area contributed by atoms with Crippen molar-refractivity contribution in [2.24, 2.45) is 0 Å². The highest BCUT2D eigenvalue weighted by Crippen LogP contribution is 2.30. The lowest BCUT2D eigenvalue weighted by atomic mass is 10.0. The van der Waals surface area contributed by atoms with Crippen molar-refractivity contribution in [3.63, 3.8) is 0 Å². The average Bonchev–Trinajstić information content (AvgIpc) is 3.03. The summed E-state index contributed by atoms with van der Waals surface area (Å²) in [6.45, 7) is 3.82. The quantitative estimate of drug-likeness (QED) is 0.141. The van der Waals surface area contributed by atoms with E-state index in [2.05, 4.69) is 21.2 Å². The van der Waals surface area contributed by atoms with Crippen molar-refractivity contribution >= 4 is 55.1 Å². The lowest BCUT2D eigenvalue weighted by molar-refractivity contribution is -0.140. The molecule has 4 rings (SSSR count). The molecule has 1 atom stereocenters. The van der Waals surface area contributed by atoms with E-state index in [9.17, 15) is 18.0 Å². The Morgan fingerprint density at radius 1 is 0.889 bits per heavy atom.